The molecule has 2 fully saturated rings. The van der Waals surface area contributed by atoms with Crippen molar-refractivity contribution in [2.75, 3.05) is 20.8 Å². The van der Waals surface area contributed by atoms with Crippen LogP contribution in [0, 0.1) is 29.4 Å². The topological polar surface area (TPSA) is 18.5 Å². The molecule has 0 bridgehead atoms. The molecule has 0 aromatic heterocycles. The summed E-state index contributed by atoms with van der Waals surface area (Å²) in [6.07, 6.45) is 5.43. The molecule has 1 aromatic rings. The highest BCUT2D eigenvalue weighted by Crippen LogP contribution is 2.46. The average Bonchev–Trinajstić information content (AvgIpc) is 2.69. The van der Waals surface area contributed by atoms with Gasteiger partial charge in [0.25, 0.3) is 5.92 Å². The lowest BCUT2D eigenvalue weighted by Crippen LogP contribution is -2.35. The van der Waals surface area contributed by atoms with Crippen LogP contribution in [0.3, 0.4) is 0 Å². The van der Waals surface area contributed by atoms with E-state index in [-0.39, 0.29) is 24.0 Å². The second-order valence-electron chi connectivity index (χ2n) is 8.87. The van der Waals surface area contributed by atoms with Crippen LogP contribution in [0.25, 0.3) is 0 Å². The molecule has 2 aliphatic rings. The zero-order valence-corrected chi connectivity index (χ0v) is 17.4. The lowest BCUT2D eigenvalue weighted by molar-refractivity contribution is -0.0972. The van der Waals surface area contributed by atoms with Crippen LogP contribution in [-0.4, -0.2) is 26.7 Å². The Bertz CT molecular complexity index is 640. The molecule has 0 radical (unpaired) electrons. The predicted molar refractivity (Wildman–Crippen MR) is 104 cm³/mol. The standard InChI is InChI=1S/C23H32F4O2/c1-28-14-16-5-9-19(10-6-16)23(26,27)13-15-3-7-17(8-4-15)18-11-20(24)22(29-2)21(25)12-18/h11-12,15-17,19H,3-10,13-14H2,1-2H3. The molecule has 29 heavy (non-hydrogen) atoms. The number of hydrogen-bond donors (Lipinski definition) is 0. The number of rotatable bonds is 7. The number of ether oxygens (including phenoxy) is 2. The van der Waals surface area contributed by atoms with Crippen LogP contribution in [0.4, 0.5) is 17.6 Å². The summed E-state index contributed by atoms with van der Waals surface area (Å²) in [6.45, 7) is 0.662. The van der Waals surface area contributed by atoms with E-state index in [1.165, 1.54) is 19.2 Å². The summed E-state index contributed by atoms with van der Waals surface area (Å²) in [4.78, 5) is 0. The van der Waals surface area contributed by atoms with E-state index >= 15 is 0 Å². The van der Waals surface area contributed by atoms with Crippen molar-refractivity contribution in [1.29, 1.82) is 0 Å². The molecule has 164 valence electrons. The van der Waals surface area contributed by atoms with Gasteiger partial charge in [0.1, 0.15) is 0 Å². The first-order valence-corrected chi connectivity index (χ1v) is 10.7. The van der Waals surface area contributed by atoms with Gasteiger partial charge < -0.3 is 9.47 Å². The van der Waals surface area contributed by atoms with Crippen LogP contribution >= 0.6 is 0 Å². The van der Waals surface area contributed by atoms with Gasteiger partial charge in [-0.3, -0.25) is 0 Å². The molecule has 2 aliphatic carbocycles. The van der Waals surface area contributed by atoms with Crippen molar-refractivity contribution in [1.82, 2.24) is 0 Å². The Morgan fingerprint density at radius 2 is 1.41 bits per heavy atom. The highest BCUT2D eigenvalue weighted by atomic mass is 19.3. The lowest BCUT2D eigenvalue weighted by atomic mass is 9.73. The van der Waals surface area contributed by atoms with Crippen LogP contribution in [0.5, 0.6) is 5.75 Å². The first kappa shape index (κ1) is 22.4. The van der Waals surface area contributed by atoms with E-state index in [1.54, 1.807) is 7.11 Å². The summed E-state index contributed by atoms with van der Waals surface area (Å²) in [6, 6.07) is 2.64. The van der Waals surface area contributed by atoms with E-state index in [0.717, 1.165) is 12.8 Å². The minimum absolute atomic E-state index is 0.0132. The monoisotopic (exact) mass is 416 g/mol. The molecular weight excluding hydrogens is 384 g/mol. The maximum absolute atomic E-state index is 14.9. The quantitative estimate of drug-likeness (QED) is 0.459. The Morgan fingerprint density at radius 1 is 0.862 bits per heavy atom. The van der Waals surface area contributed by atoms with Crippen LogP contribution in [0.2, 0.25) is 0 Å². The highest BCUT2D eigenvalue weighted by molar-refractivity contribution is 5.33. The zero-order chi connectivity index (χ0) is 21.0. The van der Waals surface area contributed by atoms with Gasteiger partial charge in [-0.05, 0) is 86.8 Å². The third-order valence-corrected chi connectivity index (χ3v) is 6.95. The van der Waals surface area contributed by atoms with E-state index in [1.807, 2.05) is 0 Å². The van der Waals surface area contributed by atoms with E-state index in [4.69, 9.17) is 9.47 Å². The first-order chi connectivity index (χ1) is 13.8. The molecule has 0 atom stereocenters. The van der Waals surface area contributed by atoms with Gasteiger partial charge in [0.05, 0.1) is 7.11 Å². The van der Waals surface area contributed by atoms with Gasteiger partial charge in [-0.2, -0.15) is 0 Å². The smallest absolute Gasteiger partial charge is 0.251 e. The molecule has 0 N–H and O–H groups in total. The second kappa shape index (κ2) is 9.67. The maximum Gasteiger partial charge on any atom is 0.251 e. The molecule has 0 heterocycles. The summed E-state index contributed by atoms with van der Waals surface area (Å²) in [5, 5.41) is 0. The third kappa shape index (κ3) is 5.44. The Labute approximate surface area is 171 Å². The molecule has 2 saturated carbocycles. The van der Waals surface area contributed by atoms with Gasteiger partial charge in [-0.25, -0.2) is 17.6 Å². The van der Waals surface area contributed by atoms with Crippen LogP contribution < -0.4 is 4.74 Å². The zero-order valence-electron chi connectivity index (χ0n) is 17.4. The normalized spacial score (nSPS) is 28.3. The Balaban J connectivity index is 1.52. The Kier molecular flexibility index (Phi) is 7.47. The van der Waals surface area contributed by atoms with Crippen molar-refractivity contribution in [3.05, 3.63) is 29.3 Å². The minimum Gasteiger partial charge on any atom is -0.491 e. The van der Waals surface area contributed by atoms with Gasteiger partial charge in [0.15, 0.2) is 17.4 Å². The van der Waals surface area contributed by atoms with E-state index in [0.29, 0.717) is 56.6 Å². The minimum atomic E-state index is -2.63. The van der Waals surface area contributed by atoms with Gasteiger partial charge in [-0.15, -0.1) is 0 Å². The SMILES string of the molecule is COCC1CCC(C(F)(F)CC2CCC(c3cc(F)c(OC)c(F)c3)CC2)CC1. The van der Waals surface area contributed by atoms with Gasteiger partial charge in [0, 0.05) is 26.1 Å². The van der Waals surface area contributed by atoms with Crippen molar-refractivity contribution in [3.8, 4) is 5.75 Å². The fourth-order valence-corrected chi connectivity index (χ4v) is 5.25. The van der Waals surface area contributed by atoms with Crippen LogP contribution in [0.15, 0.2) is 12.1 Å². The molecular formula is C23H32F4O2. The molecule has 0 spiro atoms. The Hall–Kier alpha value is -1.30. The second-order valence-corrected chi connectivity index (χ2v) is 8.87. The Morgan fingerprint density at radius 3 is 1.93 bits per heavy atom. The van der Waals surface area contributed by atoms with Crippen LogP contribution in [0.1, 0.15) is 69.3 Å². The summed E-state index contributed by atoms with van der Waals surface area (Å²) in [5.41, 5.74) is 0.600. The maximum atomic E-state index is 14.9. The van der Waals surface area contributed by atoms with Crippen LogP contribution in [-0.2, 0) is 4.74 Å². The first-order valence-electron chi connectivity index (χ1n) is 10.7. The van der Waals surface area contributed by atoms with Crippen molar-refractivity contribution in [3.63, 3.8) is 0 Å². The van der Waals surface area contributed by atoms with E-state index in [2.05, 4.69) is 0 Å². The molecule has 3 rings (SSSR count). The summed E-state index contributed by atoms with van der Waals surface area (Å²) in [7, 11) is 2.89. The van der Waals surface area contributed by atoms with Crippen molar-refractivity contribution in [2.45, 2.75) is 69.6 Å². The lowest BCUT2D eigenvalue weighted by Gasteiger charge is -2.37. The van der Waals surface area contributed by atoms with Crippen molar-refractivity contribution in [2.24, 2.45) is 17.8 Å². The van der Waals surface area contributed by atoms with Gasteiger partial charge in [0.2, 0.25) is 0 Å². The average molecular weight is 416 g/mol. The van der Waals surface area contributed by atoms with Gasteiger partial charge in [-0.1, -0.05) is 0 Å². The molecule has 0 aliphatic heterocycles. The van der Waals surface area contributed by atoms with Gasteiger partial charge >= 0.3 is 0 Å². The van der Waals surface area contributed by atoms with Crippen molar-refractivity contribution < 1.29 is 27.0 Å². The fraction of sp³-hybridized carbons (Fsp3) is 0.739. The predicted octanol–water partition coefficient (Wildman–Crippen LogP) is 6.73. The fourth-order valence-electron chi connectivity index (χ4n) is 5.25. The third-order valence-electron chi connectivity index (χ3n) is 6.95. The highest BCUT2D eigenvalue weighted by Gasteiger charge is 2.43. The number of hydrogen-bond acceptors (Lipinski definition) is 2. The number of benzene rings is 1. The van der Waals surface area contributed by atoms with Crippen molar-refractivity contribution >= 4 is 0 Å². The molecule has 2 nitrogen and oxygen atoms in total. The summed E-state index contributed by atoms with van der Waals surface area (Å²) in [5.74, 6) is -4.55. The molecule has 6 heteroatoms. The number of halogens is 4. The summed E-state index contributed by atoms with van der Waals surface area (Å²) >= 11 is 0. The summed E-state index contributed by atoms with van der Waals surface area (Å²) < 4.78 is 67.6. The molecule has 1 aromatic carbocycles. The number of methoxy groups -OCH3 is 2. The largest absolute Gasteiger partial charge is 0.491 e. The molecule has 0 amide bonds. The van der Waals surface area contributed by atoms with E-state index < -0.39 is 23.5 Å². The molecule has 0 unspecified atom stereocenters. The van der Waals surface area contributed by atoms with E-state index in [9.17, 15) is 17.6 Å². The molecule has 0 saturated heterocycles. The number of alkyl halides is 2.